The number of hydrogen-bond donors (Lipinski definition) is 0. The number of fused-ring (bicyclic) bond motifs is 1. The van der Waals surface area contributed by atoms with Crippen LogP contribution < -0.4 is 5.56 Å². The SMILES string of the molecule is C=C(CCCCc1cc2cc(Br)ccc2c(=O)n1-c1ccc(F)cc1)OC. The Morgan fingerprint density at radius 1 is 1.15 bits per heavy atom. The number of ether oxygens (including phenoxy) is 1. The van der Waals surface area contributed by atoms with E-state index in [1.54, 1.807) is 23.8 Å². The van der Waals surface area contributed by atoms with Gasteiger partial charge in [0.05, 0.1) is 12.9 Å². The van der Waals surface area contributed by atoms with Gasteiger partial charge in [-0.2, -0.15) is 0 Å². The van der Waals surface area contributed by atoms with Crippen molar-refractivity contribution in [1.82, 2.24) is 4.57 Å². The summed E-state index contributed by atoms with van der Waals surface area (Å²) in [6.45, 7) is 3.84. The third-order valence-corrected chi connectivity index (χ3v) is 5.06. The molecule has 140 valence electrons. The predicted molar refractivity (Wildman–Crippen MR) is 111 cm³/mol. The molecule has 27 heavy (non-hydrogen) atoms. The Hall–Kier alpha value is -2.40. The van der Waals surface area contributed by atoms with Crippen molar-refractivity contribution >= 4 is 26.7 Å². The minimum Gasteiger partial charge on any atom is -0.502 e. The number of rotatable bonds is 7. The van der Waals surface area contributed by atoms with Crippen molar-refractivity contribution in [2.45, 2.75) is 25.7 Å². The molecule has 1 aromatic heterocycles. The molecule has 0 radical (unpaired) electrons. The molecule has 5 heteroatoms. The van der Waals surface area contributed by atoms with Crippen molar-refractivity contribution < 1.29 is 9.13 Å². The van der Waals surface area contributed by atoms with E-state index in [-0.39, 0.29) is 11.4 Å². The molecular formula is C22H21BrFNO2. The zero-order valence-corrected chi connectivity index (χ0v) is 16.8. The van der Waals surface area contributed by atoms with Gasteiger partial charge in [-0.3, -0.25) is 9.36 Å². The second-order valence-corrected chi connectivity index (χ2v) is 7.35. The number of nitrogens with zero attached hydrogens (tertiary/aromatic N) is 1. The summed E-state index contributed by atoms with van der Waals surface area (Å²) in [6.07, 6.45) is 3.33. The molecule has 3 rings (SSSR count). The number of allylic oxidation sites excluding steroid dienone is 1. The normalized spacial score (nSPS) is 10.9. The highest BCUT2D eigenvalue weighted by molar-refractivity contribution is 9.10. The van der Waals surface area contributed by atoms with Gasteiger partial charge in [0, 0.05) is 27.7 Å². The molecule has 0 amide bonds. The fourth-order valence-electron chi connectivity index (χ4n) is 3.13. The van der Waals surface area contributed by atoms with Crippen LogP contribution in [-0.2, 0) is 11.2 Å². The van der Waals surface area contributed by atoms with Gasteiger partial charge in [-0.05, 0) is 73.2 Å². The number of aromatic nitrogens is 1. The van der Waals surface area contributed by atoms with Gasteiger partial charge in [-0.15, -0.1) is 0 Å². The Balaban J connectivity index is 2.02. The van der Waals surface area contributed by atoms with Crippen LogP contribution in [0.3, 0.4) is 0 Å². The van der Waals surface area contributed by atoms with Gasteiger partial charge in [0.1, 0.15) is 5.82 Å². The zero-order chi connectivity index (χ0) is 19.4. The van der Waals surface area contributed by atoms with E-state index < -0.39 is 0 Å². The van der Waals surface area contributed by atoms with E-state index in [0.29, 0.717) is 11.1 Å². The van der Waals surface area contributed by atoms with Crippen LogP contribution in [0.2, 0.25) is 0 Å². The first kappa shape index (κ1) is 19.4. The van der Waals surface area contributed by atoms with Gasteiger partial charge in [0.2, 0.25) is 0 Å². The minimum atomic E-state index is -0.323. The molecule has 3 nitrogen and oxygen atoms in total. The summed E-state index contributed by atoms with van der Waals surface area (Å²) in [5, 5.41) is 1.53. The fourth-order valence-corrected chi connectivity index (χ4v) is 3.51. The van der Waals surface area contributed by atoms with Crippen LogP contribution in [0.15, 0.2) is 70.1 Å². The van der Waals surface area contributed by atoms with Crippen molar-refractivity contribution in [3.05, 3.63) is 87.2 Å². The van der Waals surface area contributed by atoms with Gasteiger partial charge in [-0.1, -0.05) is 22.5 Å². The highest BCUT2D eigenvalue weighted by Crippen LogP contribution is 2.22. The van der Waals surface area contributed by atoms with E-state index in [2.05, 4.69) is 22.5 Å². The Morgan fingerprint density at radius 3 is 2.59 bits per heavy atom. The monoisotopic (exact) mass is 429 g/mol. The Morgan fingerprint density at radius 2 is 1.89 bits per heavy atom. The minimum absolute atomic E-state index is 0.0945. The molecule has 1 heterocycles. The summed E-state index contributed by atoms with van der Waals surface area (Å²) < 4.78 is 21.1. The van der Waals surface area contributed by atoms with E-state index in [1.807, 2.05) is 24.3 Å². The molecule has 0 spiro atoms. The Kier molecular flexibility index (Phi) is 6.11. The number of pyridine rings is 1. The van der Waals surface area contributed by atoms with Crippen LogP contribution in [0.5, 0.6) is 0 Å². The molecule has 0 N–H and O–H groups in total. The maximum Gasteiger partial charge on any atom is 0.263 e. The summed E-state index contributed by atoms with van der Waals surface area (Å²) in [7, 11) is 1.62. The zero-order valence-electron chi connectivity index (χ0n) is 15.2. The molecule has 0 unspecified atom stereocenters. The maximum atomic E-state index is 13.3. The number of aryl methyl sites for hydroxylation is 1. The largest absolute Gasteiger partial charge is 0.502 e. The van der Waals surface area contributed by atoms with Crippen LogP contribution in [0, 0.1) is 5.82 Å². The van der Waals surface area contributed by atoms with Gasteiger partial charge in [-0.25, -0.2) is 4.39 Å². The number of unbranched alkanes of at least 4 members (excludes halogenated alkanes) is 1. The Labute approximate surface area is 166 Å². The summed E-state index contributed by atoms with van der Waals surface area (Å²) in [5.41, 5.74) is 1.48. The summed E-state index contributed by atoms with van der Waals surface area (Å²) in [4.78, 5) is 13.2. The first-order valence-electron chi connectivity index (χ1n) is 8.81. The molecule has 0 atom stereocenters. The molecule has 0 aliphatic heterocycles. The van der Waals surface area contributed by atoms with Crippen molar-refractivity contribution in [3.63, 3.8) is 0 Å². The first-order chi connectivity index (χ1) is 13.0. The smallest absolute Gasteiger partial charge is 0.263 e. The lowest BCUT2D eigenvalue weighted by Gasteiger charge is -2.15. The first-order valence-corrected chi connectivity index (χ1v) is 9.61. The van der Waals surface area contributed by atoms with Crippen LogP contribution >= 0.6 is 15.9 Å². The molecule has 0 saturated heterocycles. The molecule has 2 aromatic carbocycles. The van der Waals surface area contributed by atoms with E-state index >= 15 is 0 Å². The van der Waals surface area contributed by atoms with E-state index in [1.165, 1.54) is 12.1 Å². The van der Waals surface area contributed by atoms with Crippen molar-refractivity contribution in [2.75, 3.05) is 7.11 Å². The number of methoxy groups -OCH3 is 1. The molecule has 0 saturated carbocycles. The lowest BCUT2D eigenvalue weighted by atomic mass is 10.1. The van der Waals surface area contributed by atoms with Crippen LogP contribution in [0.25, 0.3) is 16.5 Å². The van der Waals surface area contributed by atoms with Crippen molar-refractivity contribution in [2.24, 2.45) is 0 Å². The number of benzene rings is 2. The van der Waals surface area contributed by atoms with Crippen molar-refractivity contribution in [1.29, 1.82) is 0 Å². The fraction of sp³-hybridized carbons (Fsp3) is 0.227. The summed E-state index contributed by atoms with van der Waals surface area (Å²) in [6, 6.07) is 13.7. The van der Waals surface area contributed by atoms with Crippen LogP contribution in [0.4, 0.5) is 4.39 Å². The molecule has 0 aliphatic carbocycles. The number of halogens is 2. The van der Waals surface area contributed by atoms with Gasteiger partial charge in [0.25, 0.3) is 5.56 Å². The second kappa shape index (κ2) is 8.53. The van der Waals surface area contributed by atoms with E-state index in [0.717, 1.165) is 47.0 Å². The van der Waals surface area contributed by atoms with Gasteiger partial charge >= 0.3 is 0 Å². The standard InChI is InChI=1S/C22H21BrFNO2/c1-15(27-2)5-3-4-6-20-14-16-13-17(23)7-12-21(16)22(26)25(20)19-10-8-18(24)9-11-19/h7-14H,1,3-6H2,2H3. The van der Waals surface area contributed by atoms with Crippen molar-refractivity contribution in [3.8, 4) is 5.69 Å². The Bertz CT molecular complexity index is 1020. The quantitative estimate of drug-likeness (QED) is 0.352. The van der Waals surface area contributed by atoms with Gasteiger partial charge in [0.15, 0.2) is 0 Å². The third kappa shape index (κ3) is 4.48. The third-order valence-electron chi connectivity index (χ3n) is 4.57. The van der Waals surface area contributed by atoms with Crippen LogP contribution in [-0.4, -0.2) is 11.7 Å². The van der Waals surface area contributed by atoms with E-state index in [9.17, 15) is 9.18 Å². The maximum absolute atomic E-state index is 13.3. The average molecular weight is 430 g/mol. The number of hydrogen-bond acceptors (Lipinski definition) is 2. The lowest BCUT2D eigenvalue weighted by molar-refractivity contribution is 0.276. The van der Waals surface area contributed by atoms with E-state index in [4.69, 9.17) is 4.74 Å². The predicted octanol–water partition coefficient (Wildman–Crippen LogP) is 5.77. The van der Waals surface area contributed by atoms with Gasteiger partial charge < -0.3 is 4.74 Å². The summed E-state index contributed by atoms with van der Waals surface area (Å²) in [5.74, 6) is 0.435. The molecule has 0 aliphatic rings. The second-order valence-electron chi connectivity index (χ2n) is 6.43. The summed E-state index contributed by atoms with van der Waals surface area (Å²) >= 11 is 3.47. The topological polar surface area (TPSA) is 31.2 Å². The highest BCUT2D eigenvalue weighted by Gasteiger charge is 2.12. The molecule has 3 aromatic rings. The lowest BCUT2D eigenvalue weighted by Crippen LogP contribution is -2.22. The molecule has 0 bridgehead atoms. The molecular weight excluding hydrogens is 409 g/mol. The molecule has 0 fully saturated rings. The van der Waals surface area contributed by atoms with Crippen LogP contribution in [0.1, 0.15) is 25.0 Å². The average Bonchev–Trinajstić information content (AvgIpc) is 2.66. The highest BCUT2D eigenvalue weighted by atomic mass is 79.9.